The first kappa shape index (κ1) is 13.1. The summed E-state index contributed by atoms with van der Waals surface area (Å²) in [6.45, 7) is 6.10. The number of aromatic nitrogens is 1. The van der Waals surface area contributed by atoms with Crippen LogP contribution in [0.5, 0.6) is 0 Å². The lowest BCUT2D eigenvalue weighted by Crippen LogP contribution is -2.18. The van der Waals surface area contributed by atoms with Crippen molar-refractivity contribution < 1.29 is 9.53 Å². The van der Waals surface area contributed by atoms with Gasteiger partial charge in [-0.2, -0.15) is 0 Å². The maximum absolute atomic E-state index is 11.6. The van der Waals surface area contributed by atoms with Crippen molar-refractivity contribution in [3.63, 3.8) is 0 Å². The van der Waals surface area contributed by atoms with Crippen LogP contribution in [0.3, 0.4) is 0 Å². The smallest absolute Gasteiger partial charge is 0.339 e. The molecule has 4 heteroatoms. The third-order valence-electron chi connectivity index (χ3n) is 4.03. The highest BCUT2D eigenvalue weighted by molar-refractivity contribution is 5.91. The number of carbonyl (C=O) groups excluding carboxylic acids is 1. The van der Waals surface area contributed by atoms with Crippen molar-refractivity contribution in [3.05, 3.63) is 23.0 Å². The van der Waals surface area contributed by atoms with E-state index in [0.717, 1.165) is 36.3 Å². The fourth-order valence-electron chi connectivity index (χ4n) is 2.32. The second-order valence-corrected chi connectivity index (χ2v) is 5.29. The van der Waals surface area contributed by atoms with Crippen molar-refractivity contribution in [2.45, 2.75) is 26.8 Å². The highest BCUT2D eigenvalue weighted by Gasteiger charge is 2.31. The number of nitrogens with one attached hydrogen (secondary N) is 1. The van der Waals surface area contributed by atoms with Crippen molar-refractivity contribution in [2.24, 2.45) is 18.9 Å². The average molecular weight is 250 g/mol. The normalized spacial score (nSPS) is 22.0. The predicted molar refractivity (Wildman–Crippen MR) is 70.5 cm³/mol. The molecule has 2 rings (SSSR count). The van der Waals surface area contributed by atoms with E-state index in [-0.39, 0.29) is 5.97 Å². The fourth-order valence-corrected chi connectivity index (χ4v) is 2.32. The van der Waals surface area contributed by atoms with Gasteiger partial charge in [-0.3, -0.25) is 0 Å². The number of hydrogen-bond acceptors (Lipinski definition) is 3. The minimum absolute atomic E-state index is 0.259. The third-order valence-corrected chi connectivity index (χ3v) is 4.03. The van der Waals surface area contributed by atoms with E-state index in [1.54, 1.807) is 0 Å². The van der Waals surface area contributed by atoms with Gasteiger partial charge in [0.2, 0.25) is 0 Å². The molecule has 1 saturated carbocycles. The summed E-state index contributed by atoms with van der Waals surface area (Å²) in [5.41, 5.74) is 2.75. The highest BCUT2D eigenvalue weighted by Crippen LogP contribution is 2.36. The molecule has 2 unspecified atom stereocenters. The molecule has 0 saturated heterocycles. The summed E-state index contributed by atoms with van der Waals surface area (Å²) in [7, 11) is 3.40. The lowest BCUT2D eigenvalue weighted by molar-refractivity contribution is 0.0600. The van der Waals surface area contributed by atoms with E-state index in [4.69, 9.17) is 4.74 Å². The van der Waals surface area contributed by atoms with Crippen molar-refractivity contribution in [1.82, 2.24) is 9.88 Å². The van der Waals surface area contributed by atoms with Crippen LogP contribution in [0.1, 0.15) is 35.1 Å². The molecule has 1 aromatic heterocycles. The molecule has 1 aliphatic carbocycles. The molecule has 100 valence electrons. The van der Waals surface area contributed by atoms with Crippen molar-refractivity contribution in [1.29, 1.82) is 0 Å². The number of carbonyl (C=O) groups is 1. The number of methoxy groups -OCH3 is 1. The lowest BCUT2D eigenvalue weighted by atomic mass is 10.2. The predicted octanol–water partition coefficient (Wildman–Crippen LogP) is 1.87. The Hall–Kier alpha value is -1.29. The van der Waals surface area contributed by atoms with Crippen LogP contribution in [-0.4, -0.2) is 24.2 Å². The van der Waals surface area contributed by atoms with Crippen molar-refractivity contribution in [3.8, 4) is 0 Å². The number of esters is 1. The van der Waals surface area contributed by atoms with E-state index in [9.17, 15) is 4.79 Å². The van der Waals surface area contributed by atoms with Gasteiger partial charge in [-0.1, -0.05) is 6.92 Å². The lowest BCUT2D eigenvalue weighted by Gasteiger charge is -2.06. The molecule has 1 aliphatic rings. The molecule has 0 bridgehead atoms. The second-order valence-electron chi connectivity index (χ2n) is 5.29. The van der Waals surface area contributed by atoms with Crippen LogP contribution in [0.4, 0.5) is 0 Å². The number of nitrogens with zero attached hydrogens (tertiary/aromatic N) is 1. The molecule has 1 heterocycles. The van der Waals surface area contributed by atoms with E-state index in [1.165, 1.54) is 13.5 Å². The van der Waals surface area contributed by atoms with Gasteiger partial charge in [0.15, 0.2) is 0 Å². The third kappa shape index (κ3) is 2.58. The second kappa shape index (κ2) is 5.14. The van der Waals surface area contributed by atoms with E-state index in [1.807, 2.05) is 20.0 Å². The van der Waals surface area contributed by atoms with E-state index in [2.05, 4.69) is 16.8 Å². The largest absolute Gasteiger partial charge is 0.465 e. The Morgan fingerprint density at radius 1 is 1.61 bits per heavy atom. The van der Waals surface area contributed by atoms with Gasteiger partial charge in [-0.05, 0) is 37.8 Å². The van der Waals surface area contributed by atoms with Crippen LogP contribution < -0.4 is 5.32 Å². The molecule has 2 atom stereocenters. The molecule has 0 aromatic carbocycles. The van der Waals surface area contributed by atoms with E-state index < -0.39 is 0 Å². The van der Waals surface area contributed by atoms with Crippen molar-refractivity contribution >= 4 is 5.97 Å². The quantitative estimate of drug-likeness (QED) is 0.811. The summed E-state index contributed by atoms with van der Waals surface area (Å²) >= 11 is 0. The maximum atomic E-state index is 11.6. The Morgan fingerprint density at radius 3 is 2.83 bits per heavy atom. The molecule has 0 radical (unpaired) electrons. The Morgan fingerprint density at radius 2 is 2.28 bits per heavy atom. The molecular weight excluding hydrogens is 228 g/mol. The summed E-state index contributed by atoms with van der Waals surface area (Å²) in [5, 5.41) is 3.46. The minimum atomic E-state index is -0.259. The van der Waals surface area contributed by atoms with Gasteiger partial charge in [0, 0.05) is 25.0 Å². The zero-order chi connectivity index (χ0) is 13.3. The van der Waals surface area contributed by atoms with Crippen LogP contribution in [0, 0.1) is 18.8 Å². The molecule has 1 fully saturated rings. The standard InChI is InChI=1S/C14H22N2O2/c1-9-5-11(9)7-15-8-12-6-13(14(17)18-4)10(2)16(12)3/h6,9,11,15H,5,7-8H2,1-4H3. The van der Waals surface area contributed by atoms with Gasteiger partial charge < -0.3 is 14.6 Å². The Labute approximate surface area is 108 Å². The Bertz CT molecular complexity index is 451. The number of rotatable bonds is 5. The van der Waals surface area contributed by atoms with Crippen LogP contribution in [-0.2, 0) is 18.3 Å². The van der Waals surface area contributed by atoms with Gasteiger partial charge in [0.25, 0.3) is 0 Å². The molecule has 0 spiro atoms. The van der Waals surface area contributed by atoms with Gasteiger partial charge in [0.05, 0.1) is 12.7 Å². The molecule has 18 heavy (non-hydrogen) atoms. The van der Waals surface area contributed by atoms with Crippen LogP contribution >= 0.6 is 0 Å². The van der Waals surface area contributed by atoms with Gasteiger partial charge in [0.1, 0.15) is 0 Å². The zero-order valence-corrected chi connectivity index (χ0v) is 11.6. The molecular formula is C14H22N2O2. The van der Waals surface area contributed by atoms with Gasteiger partial charge in [-0.25, -0.2) is 4.79 Å². The molecule has 1 aromatic rings. The van der Waals surface area contributed by atoms with Crippen LogP contribution in [0.15, 0.2) is 6.07 Å². The van der Waals surface area contributed by atoms with E-state index >= 15 is 0 Å². The summed E-state index contributed by atoms with van der Waals surface area (Å²) in [5.74, 6) is 1.45. The molecule has 1 N–H and O–H groups in total. The number of ether oxygens (including phenoxy) is 1. The van der Waals surface area contributed by atoms with Crippen molar-refractivity contribution in [2.75, 3.05) is 13.7 Å². The molecule has 4 nitrogen and oxygen atoms in total. The Balaban J connectivity index is 1.97. The number of hydrogen-bond donors (Lipinski definition) is 1. The first-order valence-corrected chi connectivity index (χ1v) is 6.48. The van der Waals surface area contributed by atoms with Gasteiger partial charge in [-0.15, -0.1) is 0 Å². The average Bonchev–Trinajstić information content (AvgIpc) is 2.99. The fraction of sp³-hybridized carbons (Fsp3) is 0.643. The minimum Gasteiger partial charge on any atom is -0.465 e. The zero-order valence-electron chi connectivity index (χ0n) is 11.6. The van der Waals surface area contributed by atoms with Crippen LogP contribution in [0.2, 0.25) is 0 Å². The topological polar surface area (TPSA) is 43.3 Å². The summed E-state index contributed by atoms with van der Waals surface area (Å²) in [4.78, 5) is 11.6. The first-order chi connectivity index (χ1) is 8.54. The first-order valence-electron chi connectivity index (χ1n) is 6.48. The Kier molecular flexibility index (Phi) is 3.76. The maximum Gasteiger partial charge on any atom is 0.339 e. The van der Waals surface area contributed by atoms with E-state index in [0.29, 0.717) is 5.56 Å². The molecule has 0 amide bonds. The molecule has 0 aliphatic heterocycles. The van der Waals surface area contributed by atoms with Gasteiger partial charge >= 0.3 is 5.97 Å². The van der Waals surface area contributed by atoms with Crippen LogP contribution in [0.25, 0.3) is 0 Å². The monoisotopic (exact) mass is 250 g/mol. The summed E-state index contributed by atoms with van der Waals surface area (Å²) in [6, 6.07) is 1.92. The highest BCUT2D eigenvalue weighted by atomic mass is 16.5. The summed E-state index contributed by atoms with van der Waals surface area (Å²) < 4.78 is 6.83. The SMILES string of the molecule is COC(=O)c1cc(CNCC2CC2C)n(C)c1C. The summed E-state index contributed by atoms with van der Waals surface area (Å²) in [6.07, 6.45) is 1.34.